The SMILES string of the molecule is C#CCCC(CCCCCCC)OC(C)(C)O. The van der Waals surface area contributed by atoms with Gasteiger partial charge in [-0.15, -0.1) is 12.3 Å². The summed E-state index contributed by atoms with van der Waals surface area (Å²) in [5, 5.41) is 9.65. The highest BCUT2D eigenvalue weighted by Gasteiger charge is 2.19. The van der Waals surface area contributed by atoms with Gasteiger partial charge in [0.1, 0.15) is 0 Å². The number of terminal acetylenes is 1. The molecule has 0 aromatic carbocycles. The van der Waals surface area contributed by atoms with Gasteiger partial charge in [-0.25, -0.2) is 0 Å². The molecule has 0 aliphatic carbocycles. The molecule has 2 heteroatoms. The van der Waals surface area contributed by atoms with Crippen molar-refractivity contribution in [1.82, 2.24) is 0 Å². The predicted molar refractivity (Wildman–Crippen MR) is 72.6 cm³/mol. The summed E-state index contributed by atoms with van der Waals surface area (Å²) >= 11 is 0. The monoisotopic (exact) mass is 240 g/mol. The topological polar surface area (TPSA) is 29.5 Å². The van der Waals surface area contributed by atoms with Crippen LogP contribution >= 0.6 is 0 Å². The fourth-order valence-corrected chi connectivity index (χ4v) is 1.89. The summed E-state index contributed by atoms with van der Waals surface area (Å²) in [4.78, 5) is 0. The van der Waals surface area contributed by atoms with E-state index in [1.54, 1.807) is 13.8 Å². The van der Waals surface area contributed by atoms with E-state index in [9.17, 15) is 5.11 Å². The summed E-state index contributed by atoms with van der Waals surface area (Å²) in [6.45, 7) is 5.56. The van der Waals surface area contributed by atoms with Crippen LogP contribution in [0, 0.1) is 12.3 Å². The van der Waals surface area contributed by atoms with E-state index < -0.39 is 5.79 Å². The van der Waals surface area contributed by atoms with Gasteiger partial charge in [-0.1, -0.05) is 39.0 Å². The largest absolute Gasteiger partial charge is 0.366 e. The van der Waals surface area contributed by atoms with Crippen molar-refractivity contribution in [2.45, 2.75) is 84.0 Å². The second kappa shape index (κ2) is 9.50. The molecule has 0 aliphatic rings. The summed E-state index contributed by atoms with van der Waals surface area (Å²) in [5.74, 6) is 1.58. The molecule has 0 saturated carbocycles. The average molecular weight is 240 g/mol. The molecule has 0 radical (unpaired) electrons. The predicted octanol–water partition coefficient (Wildman–Crippen LogP) is 3.87. The van der Waals surface area contributed by atoms with Crippen molar-refractivity contribution in [2.75, 3.05) is 0 Å². The first-order chi connectivity index (χ1) is 7.99. The van der Waals surface area contributed by atoms with Crippen LogP contribution < -0.4 is 0 Å². The van der Waals surface area contributed by atoms with Crippen LogP contribution in [0.3, 0.4) is 0 Å². The van der Waals surface area contributed by atoms with Crippen LogP contribution in [0.1, 0.15) is 72.1 Å². The van der Waals surface area contributed by atoms with E-state index in [0.717, 1.165) is 25.7 Å². The lowest BCUT2D eigenvalue weighted by atomic mass is 10.0. The van der Waals surface area contributed by atoms with Crippen LogP contribution in [0.5, 0.6) is 0 Å². The van der Waals surface area contributed by atoms with Crippen LogP contribution in [0.25, 0.3) is 0 Å². The molecule has 0 aromatic rings. The average Bonchev–Trinajstić information content (AvgIpc) is 2.23. The highest BCUT2D eigenvalue weighted by atomic mass is 16.6. The molecule has 1 atom stereocenters. The van der Waals surface area contributed by atoms with Crippen molar-refractivity contribution in [3.8, 4) is 12.3 Å². The Hall–Kier alpha value is -0.520. The standard InChI is InChI=1S/C15H28O2/c1-5-7-9-10-11-13-14(12-8-6-2)17-15(3,4)16/h2,14,16H,5,7-13H2,1,3-4H3. The van der Waals surface area contributed by atoms with Crippen molar-refractivity contribution < 1.29 is 9.84 Å². The smallest absolute Gasteiger partial charge is 0.160 e. The lowest BCUT2D eigenvalue weighted by molar-refractivity contribution is -0.207. The number of ether oxygens (including phenoxy) is 1. The maximum absolute atomic E-state index is 9.65. The first kappa shape index (κ1) is 16.5. The molecule has 100 valence electrons. The van der Waals surface area contributed by atoms with Gasteiger partial charge in [0.15, 0.2) is 5.79 Å². The third kappa shape index (κ3) is 11.7. The van der Waals surface area contributed by atoms with E-state index in [4.69, 9.17) is 11.2 Å². The Kier molecular flexibility index (Phi) is 9.21. The lowest BCUT2D eigenvalue weighted by Gasteiger charge is -2.26. The van der Waals surface area contributed by atoms with Crippen molar-refractivity contribution >= 4 is 0 Å². The zero-order valence-corrected chi connectivity index (χ0v) is 11.7. The molecule has 0 aromatic heterocycles. The Morgan fingerprint density at radius 2 is 1.82 bits per heavy atom. The maximum Gasteiger partial charge on any atom is 0.160 e. The van der Waals surface area contributed by atoms with Gasteiger partial charge in [0.25, 0.3) is 0 Å². The molecular formula is C15H28O2. The minimum atomic E-state index is -1.05. The van der Waals surface area contributed by atoms with Gasteiger partial charge in [0.05, 0.1) is 6.10 Å². The molecule has 0 saturated heterocycles. The van der Waals surface area contributed by atoms with Gasteiger partial charge < -0.3 is 9.84 Å². The first-order valence-corrected chi connectivity index (χ1v) is 6.83. The van der Waals surface area contributed by atoms with Crippen LogP contribution in [-0.4, -0.2) is 17.0 Å². The van der Waals surface area contributed by atoms with Crippen molar-refractivity contribution in [3.05, 3.63) is 0 Å². The van der Waals surface area contributed by atoms with Gasteiger partial charge in [-0.05, 0) is 26.7 Å². The Balaban J connectivity index is 3.82. The Morgan fingerprint density at radius 3 is 2.35 bits per heavy atom. The van der Waals surface area contributed by atoms with Gasteiger partial charge >= 0.3 is 0 Å². The minimum Gasteiger partial charge on any atom is -0.366 e. The van der Waals surface area contributed by atoms with E-state index in [2.05, 4.69) is 12.8 Å². The number of aliphatic hydroxyl groups is 1. The van der Waals surface area contributed by atoms with Gasteiger partial charge in [-0.3, -0.25) is 0 Å². The summed E-state index contributed by atoms with van der Waals surface area (Å²) in [5.41, 5.74) is 0. The zero-order valence-electron chi connectivity index (χ0n) is 11.7. The fraction of sp³-hybridized carbons (Fsp3) is 0.867. The highest BCUT2D eigenvalue weighted by molar-refractivity contribution is 4.84. The quantitative estimate of drug-likeness (QED) is 0.357. The Labute approximate surface area is 107 Å². The summed E-state index contributed by atoms with van der Waals surface area (Å²) in [6.07, 6.45) is 14.2. The molecule has 0 aliphatic heterocycles. The summed E-state index contributed by atoms with van der Waals surface area (Å²) < 4.78 is 5.61. The molecule has 0 spiro atoms. The first-order valence-electron chi connectivity index (χ1n) is 6.83. The number of unbranched alkanes of at least 4 members (excludes halogenated alkanes) is 4. The molecular weight excluding hydrogens is 212 g/mol. The molecule has 0 fully saturated rings. The van der Waals surface area contributed by atoms with Crippen molar-refractivity contribution in [3.63, 3.8) is 0 Å². The second-order valence-corrected chi connectivity index (χ2v) is 5.13. The van der Waals surface area contributed by atoms with E-state index in [0.29, 0.717) is 0 Å². The molecule has 1 unspecified atom stereocenters. The maximum atomic E-state index is 9.65. The van der Waals surface area contributed by atoms with E-state index >= 15 is 0 Å². The molecule has 0 amide bonds. The normalized spacial score (nSPS) is 13.4. The van der Waals surface area contributed by atoms with Crippen molar-refractivity contribution in [2.24, 2.45) is 0 Å². The van der Waals surface area contributed by atoms with Gasteiger partial charge in [0, 0.05) is 6.42 Å². The highest BCUT2D eigenvalue weighted by Crippen LogP contribution is 2.18. The molecule has 0 rings (SSSR count). The van der Waals surface area contributed by atoms with Crippen molar-refractivity contribution in [1.29, 1.82) is 0 Å². The van der Waals surface area contributed by atoms with Crippen LogP contribution in [0.4, 0.5) is 0 Å². The van der Waals surface area contributed by atoms with Crippen LogP contribution in [-0.2, 0) is 4.74 Å². The number of hydrogen-bond acceptors (Lipinski definition) is 2. The molecule has 17 heavy (non-hydrogen) atoms. The third-order valence-electron chi connectivity index (χ3n) is 2.70. The minimum absolute atomic E-state index is 0.0904. The zero-order chi connectivity index (χ0) is 13.1. The number of rotatable bonds is 10. The van der Waals surface area contributed by atoms with Crippen LogP contribution in [0.2, 0.25) is 0 Å². The van der Waals surface area contributed by atoms with Gasteiger partial charge in [0.2, 0.25) is 0 Å². The molecule has 0 bridgehead atoms. The van der Waals surface area contributed by atoms with E-state index in [1.807, 2.05) is 0 Å². The van der Waals surface area contributed by atoms with Gasteiger partial charge in [-0.2, -0.15) is 0 Å². The Bertz CT molecular complexity index is 210. The van der Waals surface area contributed by atoms with Crippen LogP contribution in [0.15, 0.2) is 0 Å². The molecule has 0 heterocycles. The molecule has 1 N–H and O–H groups in total. The summed E-state index contributed by atoms with van der Waals surface area (Å²) in [6, 6.07) is 0. The van der Waals surface area contributed by atoms with E-state index in [-0.39, 0.29) is 6.10 Å². The molecule has 2 nitrogen and oxygen atoms in total. The Morgan fingerprint density at radius 1 is 1.18 bits per heavy atom. The van der Waals surface area contributed by atoms with E-state index in [1.165, 1.54) is 25.7 Å². The number of hydrogen-bond donors (Lipinski definition) is 1. The second-order valence-electron chi connectivity index (χ2n) is 5.13. The lowest BCUT2D eigenvalue weighted by Crippen LogP contribution is -2.30. The summed E-state index contributed by atoms with van der Waals surface area (Å²) in [7, 11) is 0. The fourth-order valence-electron chi connectivity index (χ4n) is 1.89. The third-order valence-corrected chi connectivity index (χ3v) is 2.70.